The summed E-state index contributed by atoms with van der Waals surface area (Å²) in [6, 6.07) is 8.35. The number of carbonyl (C=O) groups excluding carboxylic acids is 1. The second-order valence-electron chi connectivity index (χ2n) is 3.82. The number of anilines is 2. The number of hydrogen-bond acceptors (Lipinski definition) is 2. The summed E-state index contributed by atoms with van der Waals surface area (Å²) in [6.45, 7) is 0. The quantitative estimate of drug-likeness (QED) is 0.824. The van der Waals surface area contributed by atoms with Crippen LogP contribution in [-0.4, -0.2) is 5.91 Å². The van der Waals surface area contributed by atoms with Crippen LogP contribution in [0.2, 0.25) is 10.0 Å². The molecular formula is C13H9Cl2FN2O. The van der Waals surface area contributed by atoms with Crippen LogP contribution in [0, 0.1) is 5.82 Å². The van der Waals surface area contributed by atoms with E-state index in [1.807, 2.05) is 0 Å². The Labute approximate surface area is 119 Å². The predicted octanol–water partition coefficient (Wildman–Crippen LogP) is 3.97. The molecule has 98 valence electrons. The zero-order valence-corrected chi connectivity index (χ0v) is 11.1. The van der Waals surface area contributed by atoms with Gasteiger partial charge in [-0.05, 0) is 36.4 Å². The fourth-order valence-electron chi connectivity index (χ4n) is 1.50. The van der Waals surface area contributed by atoms with Gasteiger partial charge in [0.25, 0.3) is 5.91 Å². The Bertz CT molecular complexity index is 647. The van der Waals surface area contributed by atoms with E-state index >= 15 is 0 Å². The average molecular weight is 299 g/mol. The summed E-state index contributed by atoms with van der Waals surface area (Å²) in [6.07, 6.45) is 0. The predicted molar refractivity (Wildman–Crippen MR) is 75.2 cm³/mol. The first-order valence-corrected chi connectivity index (χ1v) is 6.04. The first-order valence-electron chi connectivity index (χ1n) is 5.29. The first-order chi connectivity index (χ1) is 8.97. The maximum absolute atomic E-state index is 13.5. The van der Waals surface area contributed by atoms with E-state index < -0.39 is 11.7 Å². The van der Waals surface area contributed by atoms with Crippen LogP contribution in [0.5, 0.6) is 0 Å². The Morgan fingerprint density at radius 1 is 1.16 bits per heavy atom. The molecule has 0 aromatic heterocycles. The van der Waals surface area contributed by atoms with E-state index in [-0.39, 0.29) is 16.3 Å². The highest BCUT2D eigenvalue weighted by atomic mass is 35.5. The number of benzene rings is 2. The molecule has 2 rings (SSSR count). The minimum atomic E-state index is -0.583. The van der Waals surface area contributed by atoms with Crippen LogP contribution in [0.1, 0.15) is 10.4 Å². The van der Waals surface area contributed by atoms with Crippen molar-refractivity contribution in [3.8, 4) is 0 Å². The minimum Gasteiger partial charge on any atom is -0.399 e. The molecule has 0 bridgehead atoms. The van der Waals surface area contributed by atoms with Crippen molar-refractivity contribution >= 4 is 40.5 Å². The summed E-state index contributed by atoms with van der Waals surface area (Å²) in [7, 11) is 0. The van der Waals surface area contributed by atoms with Crippen molar-refractivity contribution in [2.75, 3.05) is 11.1 Å². The molecular weight excluding hydrogens is 290 g/mol. The molecule has 0 spiro atoms. The second-order valence-corrected chi connectivity index (χ2v) is 4.66. The van der Waals surface area contributed by atoms with Gasteiger partial charge in [-0.15, -0.1) is 0 Å². The van der Waals surface area contributed by atoms with Crippen molar-refractivity contribution in [2.24, 2.45) is 0 Å². The van der Waals surface area contributed by atoms with E-state index in [9.17, 15) is 9.18 Å². The van der Waals surface area contributed by atoms with Gasteiger partial charge in [-0.3, -0.25) is 4.79 Å². The zero-order chi connectivity index (χ0) is 14.0. The maximum Gasteiger partial charge on any atom is 0.257 e. The van der Waals surface area contributed by atoms with Gasteiger partial charge in [0.05, 0.1) is 16.3 Å². The molecule has 6 heteroatoms. The Kier molecular flexibility index (Phi) is 3.93. The summed E-state index contributed by atoms with van der Waals surface area (Å²) in [5.41, 5.74) is 6.02. The van der Waals surface area contributed by atoms with Crippen LogP contribution in [0.4, 0.5) is 15.8 Å². The molecule has 2 aromatic carbocycles. The van der Waals surface area contributed by atoms with Gasteiger partial charge in [0.2, 0.25) is 0 Å². The van der Waals surface area contributed by atoms with Crippen molar-refractivity contribution in [3.63, 3.8) is 0 Å². The van der Waals surface area contributed by atoms with Gasteiger partial charge in [-0.2, -0.15) is 0 Å². The number of nitrogens with one attached hydrogen (secondary N) is 1. The molecule has 3 nitrogen and oxygen atoms in total. The molecule has 0 radical (unpaired) electrons. The third kappa shape index (κ3) is 3.16. The van der Waals surface area contributed by atoms with Gasteiger partial charge in [0, 0.05) is 10.7 Å². The lowest BCUT2D eigenvalue weighted by Crippen LogP contribution is -2.13. The highest BCUT2D eigenvalue weighted by Crippen LogP contribution is 2.23. The Morgan fingerprint density at radius 2 is 1.89 bits per heavy atom. The minimum absolute atomic E-state index is 0.0129. The molecule has 3 N–H and O–H groups in total. The Hall–Kier alpha value is -1.78. The van der Waals surface area contributed by atoms with E-state index in [1.165, 1.54) is 30.3 Å². The molecule has 0 aliphatic rings. The van der Waals surface area contributed by atoms with E-state index in [1.54, 1.807) is 6.07 Å². The van der Waals surface area contributed by atoms with Crippen LogP contribution in [0.15, 0.2) is 36.4 Å². The Balaban J connectivity index is 2.30. The molecule has 0 atom stereocenters. The van der Waals surface area contributed by atoms with Gasteiger partial charge in [-0.1, -0.05) is 23.2 Å². The lowest BCUT2D eigenvalue weighted by molar-refractivity contribution is 0.102. The topological polar surface area (TPSA) is 55.1 Å². The largest absolute Gasteiger partial charge is 0.399 e. The molecule has 2 aromatic rings. The zero-order valence-electron chi connectivity index (χ0n) is 9.58. The van der Waals surface area contributed by atoms with E-state index in [0.717, 1.165) is 0 Å². The third-order valence-corrected chi connectivity index (χ3v) is 2.98. The van der Waals surface area contributed by atoms with Crippen LogP contribution in [-0.2, 0) is 0 Å². The van der Waals surface area contributed by atoms with Crippen molar-refractivity contribution in [1.29, 1.82) is 0 Å². The maximum atomic E-state index is 13.5. The second kappa shape index (κ2) is 5.47. The van der Waals surface area contributed by atoms with Gasteiger partial charge < -0.3 is 11.1 Å². The summed E-state index contributed by atoms with van der Waals surface area (Å²) in [5.74, 6) is -1.14. The highest BCUT2D eigenvalue weighted by Gasteiger charge is 2.13. The van der Waals surface area contributed by atoms with Crippen LogP contribution < -0.4 is 11.1 Å². The normalized spacial score (nSPS) is 10.3. The summed E-state index contributed by atoms with van der Waals surface area (Å²) in [5, 5.41) is 2.99. The van der Waals surface area contributed by atoms with E-state index in [2.05, 4.69) is 5.32 Å². The molecule has 0 aliphatic carbocycles. The fraction of sp³-hybridized carbons (Fsp3) is 0. The smallest absolute Gasteiger partial charge is 0.257 e. The highest BCUT2D eigenvalue weighted by molar-refractivity contribution is 6.36. The third-order valence-electron chi connectivity index (χ3n) is 2.41. The summed E-state index contributed by atoms with van der Waals surface area (Å²) in [4.78, 5) is 12.0. The van der Waals surface area contributed by atoms with Crippen molar-refractivity contribution in [3.05, 3.63) is 57.8 Å². The number of halogens is 3. The lowest BCUT2D eigenvalue weighted by atomic mass is 10.2. The number of hydrogen-bond donors (Lipinski definition) is 2. The Morgan fingerprint density at radius 3 is 2.63 bits per heavy atom. The van der Waals surface area contributed by atoms with Gasteiger partial charge in [-0.25, -0.2) is 4.39 Å². The summed E-state index contributed by atoms with van der Waals surface area (Å²) >= 11 is 11.7. The van der Waals surface area contributed by atoms with Crippen LogP contribution >= 0.6 is 23.2 Å². The van der Waals surface area contributed by atoms with Crippen molar-refractivity contribution < 1.29 is 9.18 Å². The molecule has 19 heavy (non-hydrogen) atoms. The monoisotopic (exact) mass is 298 g/mol. The first kappa shape index (κ1) is 13.6. The number of carbonyl (C=O) groups is 1. The van der Waals surface area contributed by atoms with Gasteiger partial charge in [0.1, 0.15) is 5.82 Å². The number of nitrogen functional groups attached to an aromatic ring is 1. The molecule has 0 unspecified atom stereocenters. The number of amides is 1. The molecule has 0 saturated heterocycles. The van der Waals surface area contributed by atoms with Crippen LogP contribution in [0.25, 0.3) is 0 Å². The molecule has 0 fully saturated rings. The van der Waals surface area contributed by atoms with E-state index in [0.29, 0.717) is 10.7 Å². The lowest BCUT2D eigenvalue weighted by Gasteiger charge is -2.08. The fourth-order valence-corrected chi connectivity index (χ4v) is 1.88. The number of nitrogens with two attached hydrogens (primary N) is 1. The molecule has 0 heterocycles. The van der Waals surface area contributed by atoms with Gasteiger partial charge in [0.15, 0.2) is 0 Å². The SMILES string of the molecule is Nc1ccc(F)c(NC(=O)c2cc(Cl)ccc2Cl)c1. The molecule has 1 amide bonds. The average Bonchev–Trinajstić information content (AvgIpc) is 2.36. The summed E-state index contributed by atoms with van der Waals surface area (Å²) < 4.78 is 13.5. The number of rotatable bonds is 2. The molecule has 0 aliphatic heterocycles. The van der Waals surface area contributed by atoms with E-state index in [4.69, 9.17) is 28.9 Å². The van der Waals surface area contributed by atoms with Crippen molar-refractivity contribution in [2.45, 2.75) is 0 Å². The van der Waals surface area contributed by atoms with Crippen LogP contribution in [0.3, 0.4) is 0 Å². The molecule has 0 saturated carbocycles. The standard InChI is InChI=1S/C13H9Cl2FN2O/c14-7-1-3-10(15)9(5-7)13(19)18-12-6-8(17)2-4-11(12)16/h1-6H,17H2,(H,18,19). The van der Waals surface area contributed by atoms with Gasteiger partial charge >= 0.3 is 0 Å². The van der Waals surface area contributed by atoms with Crippen molar-refractivity contribution in [1.82, 2.24) is 0 Å².